The molecule has 0 radical (unpaired) electrons. The van der Waals surface area contributed by atoms with Crippen molar-refractivity contribution in [2.24, 2.45) is 45.3 Å². The highest BCUT2D eigenvalue weighted by Gasteiger charge is 2.71. The van der Waals surface area contributed by atoms with Crippen molar-refractivity contribution in [3.8, 4) is 0 Å². The van der Waals surface area contributed by atoms with Gasteiger partial charge in [0, 0.05) is 6.92 Å². The summed E-state index contributed by atoms with van der Waals surface area (Å²) >= 11 is 0. The van der Waals surface area contributed by atoms with Crippen molar-refractivity contribution in [3.05, 3.63) is 11.6 Å². The van der Waals surface area contributed by atoms with Crippen LogP contribution >= 0.6 is 0 Å². The molecule has 6 aliphatic rings. The predicted octanol–water partition coefficient (Wildman–Crippen LogP) is 2.72. The molecule has 2 heterocycles. The second-order valence-electron chi connectivity index (χ2n) is 20.7. The van der Waals surface area contributed by atoms with Gasteiger partial charge in [0.15, 0.2) is 12.6 Å². The third kappa shape index (κ3) is 7.87. The van der Waals surface area contributed by atoms with E-state index in [1.165, 1.54) is 12.5 Å². The maximum Gasteiger partial charge on any atom is 0.302 e. The molecule has 334 valence electrons. The molecule has 6 fully saturated rings. The van der Waals surface area contributed by atoms with Gasteiger partial charge in [-0.05, 0) is 124 Å². The lowest BCUT2D eigenvalue weighted by Crippen LogP contribution is -2.68. The highest BCUT2D eigenvalue weighted by Crippen LogP contribution is 2.76. The molecule has 2 aliphatic heterocycles. The Morgan fingerprint density at radius 2 is 1.41 bits per heavy atom. The van der Waals surface area contributed by atoms with Crippen LogP contribution in [0.3, 0.4) is 0 Å². The van der Waals surface area contributed by atoms with E-state index in [1.54, 1.807) is 0 Å². The molecule has 4 saturated carbocycles. The zero-order chi connectivity index (χ0) is 42.9. The molecule has 3 unspecified atom stereocenters. The van der Waals surface area contributed by atoms with Crippen LogP contribution in [0.25, 0.3) is 0 Å². The van der Waals surface area contributed by atoms with Crippen LogP contribution in [-0.4, -0.2) is 139 Å². The highest BCUT2D eigenvalue weighted by molar-refractivity contribution is 5.65. The summed E-state index contributed by atoms with van der Waals surface area (Å²) in [5.74, 6) is -0.252. The molecule has 8 N–H and O–H groups in total. The van der Waals surface area contributed by atoms with Crippen molar-refractivity contribution in [2.75, 3.05) is 13.2 Å². The molecule has 6 rings (SSSR count). The summed E-state index contributed by atoms with van der Waals surface area (Å²) < 4.78 is 29.6. The topological polar surface area (TPSA) is 225 Å². The van der Waals surface area contributed by atoms with Gasteiger partial charge in [-0.2, -0.15) is 0 Å². The van der Waals surface area contributed by atoms with E-state index in [0.717, 1.165) is 38.5 Å². The molecule has 0 amide bonds. The van der Waals surface area contributed by atoms with E-state index in [-0.39, 0.29) is 39.9 Å². The lowest BCUT2D eigenvalue weighted by atomic mass is 9.35. The summed E-state index contributed by atoms with van der Waals surface area (Å²) in [4.78, 5) is 11.5. The Labute approximate surface area is 344 Å². The Morgan fingerprint density at radius 1 is 0.776 bits per heavy atom. The van der Waals surface area contributed by atoms with Gasteiger partial charge in [0.2, 0.25) is 0 Å². The van der Waals surface area contributed by atoms with Crippen LogP contribution in [-0.2, 0) is 28.5 Å². The van der Waals surface area contributed by atoms with E-state index in [1.807, 2.05) is 6.92 Å². The first-order valence-electron chi connectivity index (χ1n) is 21.7. The van der Waals surface area contributed by atoms with Crippen molar-refractivity contribution in [3.63, 3.8) is 0 Å². The molecule has 20 atom stereocenters. The van der Waals surface area contributed by atoms with Crippen LogP contribution in [0.1, 0.15) is 120 Å². The largest absolute Gasteiger partial charge is 0.463 e. The van der Waals surface area contributed by atoms with E-state index >= 15 is 0 Å². The number of carbonyl (C=O) groups excluding carboxylic acids is 1. The number of aliphatic hydroxyl groups excluding tert-OH is 7. The van der Waals surface area contributed by atoms with Crippen LogP contribution in [0, 0.1) is 45.3 Å². The molecule has 14 nitrogen and oxygen atoms in total. The Morgan fingerprint density at radius 3 is 2.05 bits per heavy atom. The van der Waals surface area contributed by atoms with Gasteiger partial charge in [-0.25, -0.2) is 0 Å². The molecule has 58 heavy (non-hydrogen) atoms. The molecule has 14 heteroatoms. The van der Waals surface area contributed by atoms with E-state index in [0.29, 0.717) is 19.3 Å². The third-order valence-corrected chi connectivity index (χ3v) is 16.9. The average Bonchev–Trinajstić information content (AvgIpc) is 3.53. The Kier molecular flexibility index (Phi) is 13.4. The second kappa shape index (κ2) is 16.8. The summed E-state index contributed by atoms with van der Waals surface area (Å²) in [5.41, 5.74) is -0.480. The van der Waals surface area contributed by atoms with E-state index < -0.39 is 104 Å². The summed E-state index contributed by atoms with van der Waals surface area (Å²) in [6.45, 7) is 17.8. The quantitative estimate of drug-likeness (QED) is 0.0853. The van der Waals surface area contributed by atoms with Gasteiger partial charge in [0.25, 0.3) is 0 Å². The van der Waals surface area contributed by atoms with Gasteiger partial charge in [0.1, 0.15) is 55.4 Å². The molecule has 2 saturated heterocycles. The van der Waals surface area contributed by atoms with Crippen molar-refractivity contribution >= 4 is 5.97 Å². The van der Waals surface area contributed by atoms with Crippen molar-refractivity contribution < 1.29 is 69.3 Å². The minimum Gasteiger partial charge on any atom is -0.463 e. The van der Waals surface area contributed by atoms with Gasteiger partial charge >= 0.3 is 5.97 Å². The lowest BCUT2D eigenvalue weighted by molar-refractivity contribution is -0.378. The second-order valence-corrected chi connectivity index (χ2v) is 20.7. The predicted molar refractivity (Wildman–Crippen MR) is 210 cm³/mol. The number of rotatable bonds is 11. The normalized spacial score (nSPS) is 49.8. The van der Waals surface area contributed by atoms with Gasteiger partial charge < -0.3 is 64.5 Å². The van der Waals surface area contributed by atoms with E-state index in [4.69, 9.17) is 23.7 Å². The number of ether oxygens (including phenoxy) is 5. The lowest BCUT2D eigenvalue weighted by Gasteiger charge is -2.70. The maximum absolute atomic E-state index is 12.2. The van der Waals surface area contributed by atoms with Gasteiger partial charge in [-0.3, -0.25) is 4.79 Å². The first-order valence-corrected chi connectivity index (χ1v) is 21.7. The van der Waals surface area contributed by atoms with E-state index in [9.17, 15) is 45.6 Å². The molecule has 4 aliphatic carbocycles. The van der Waals surface area contributed by atoms with Gasteiger partial charge in [-0.1, -0.05) is 46.3 Å². The summed E-state index contributed by atoms with van der Waals surface area (Å²) in [6, 6.07) is 0. The van der Waals surface area contributed by atoms with Crippen molar-refractivity contribution in [1.82, 2.24) is 0 Å². The zero-order valence-corrected chi connectivity index (χ0v) is 36.1. The minimum absolute atomic E-state index is 0.00195. The third-order valence-electron chi connectivity index (χ3n) is 16.9. The maximum atomic E-state index is 12.2. The first kappa shape index (κ1) is 46.2. The van der Waals surface area contributed by atoms with Crippen LogP contribution in [0.15, 0.2) is 11.6 Å². The van der Waals surface area contributed by atoms with Gasteiger partial charge in [0.05, 0.1) is 24.4 Å². The monoisotopic (exact) mass is 827 g/mol. The van der Waals surface area contributed by atoms with Crippen molar-refractivity contribution in [2.45, 2.75) is 199 Å². The average molecular weight is 827 g/mol. The molecular formula is C44H74O14. The van der Waals surface area contributed by atoms with Crippen LogP contribution in [0.2, 0.25) is 0 Å². The standard InChI is InChI=1S/C44H74O14/c1-22(2)11-10-15-44(9,53)24-12-17-43(8)31(24)25(47)19-29-41(6)16-14-30(40(4,5)28(41)13-18-42(29,43)7)57-39-37(35(51)32(48)26(20-45)55-39)58-38-36(52)34(50)33(49)27(56-38)21-54-23(3)46/h11,24-39,45,47-53H,10,12-21H2,1-9H3/t24-,25?,26+,27+,28-,29?,30-,31?,32+,33+,34-,35-,36+,37+,38-,39-,41-,42+,43+,44-/m0/s1. The number of hydrogen-bond donors (Lipinski definition) is 8. The van der Waals surface area contributed by atoms with E-state index in [2.05, 4.69) is 54.5 Å². The van der Waals surface area contributed by atoms with Gasteiger partial charge in [-0.15, -0.1) is 0 Å². The number of aliphatic hydroxyl groups is 8. The van der Waals surface area contributed by atoms with Crippen LogP contribution in [0.5, 0.6) is 0 Å². The summed E-state index contributed by atoms with van der Waals surface area (Å²) in [6.07, 6.45) is -6.89. The fourth-order valence-electron chi connectivity index (χ4n) is 13.5. The fraction of sp³-hybridized carbons (Fsp3) is 0.932. The first-order chi connectivity index (χ1) is 26.9. The molecule has 0 spiro atoms. The Hall–Kier alpha value is -1.27. The molecule has 0 aromatic heterocycles. The number of hydrogen-bond acceptors (Lipinski definition) is 14. The van der Waals surface area contributed by atoms with Crippen molar-refractivity contribution in [1.29, 1.82) is 0 Å². The fourth-order valence-corrected chi connectivity index (χ4v) is 13.5. The number of allylic oxidation sites excluding steroid dienone is 2. The zero-order valence-electron chi connectivity index (χ0n) is 36.1. The molecule has 0 aromatic carbocycles. The van der Waals surface area contributed by atoms with Crippen LogP contribution in [0.4, 0.5) is 0 Å². The Bertz CT molecular complexity index is 1480. The Balaban J connectivity index is 1.22. The highest BCUT2D eigenvalue weighted by atomic mass is 16.8. The summed E-state index contributed by atoms with van der Waals surface area (Å²) in [5, 5.41) is 88.6. The number of fused-ring (bicyclic) bond motifs is 5. The molecule has 0 bridgehead atoms. The minimum atomic E-state index is -1.79. The smallest absolute Gasteiger partial charge is 0.302 e. The molecule has 0 aromatic rings. The SMILES string of the molecule is CC(=O)OC[C@H]1O[C@@H](O[C@H]2[C@H](O[C@H]3CC[C@]4(C)C5CC(O)C6[C@@H]([C@@](C)(O)CCC=C(C)C)CC[C@@]6(C)[C@]5(C)CC[C@H]4C3(C)C)O[C@H](CO)[C@@H](O)[C@@H]2O)[C@H](O)[C@@H](O)[C@@H]1O. The van der Waals surface area contributed by atoms with Crippen LogP contribution < -0.4 is 0 Å². The number of carbonyl (C=O) groups is 1. The molecular weight excluding hydrogens is 752 g/mol. The summed E-state index contributed by atoms with van der Waals surface area (Å²) in [7, 11) is 0. The number of esters is 1.